The number of nitrogens with zero attached hydrogens (tertiary/aromatic N) is 1. The van der Waals surface area contributed by atoms with E-state index in [1.54, 1.807) is 12.1 Å². The number of carbonyl (C=O) groups is 2. The van der Waals surface area contributed by atoms with E-state index in [1.165, 1.54) is 11.0 Å². The van der Waals surface area contributed by atoms with Crippen LogP contribution in [-0.4, -0.2) is 51.2 Å². The molecule has 0 saturated carbocycles. The minimum atomic E-state index is -3.64. The van der Waals surface area contributed by atoms with Crippen molar-refractivity contribution in [3.8, 4) is 0 Å². The fourth-order valence-electron chi connectivity index (χ4n) is 3.24. The number of carbonyl (C=O) groups excluding carboxylic acids is 1. The Bertz CT molecular complexity index is 801. The standard InChI is InChI=1S/C17H22N2O6S/c20-16(5-6-17(21)22)19-8-7-12-10-14(3-4-15(12)19)26(23,24)18-11-13-2-1-9-25-13/h3-4,10,13,18H,1-2,5-9,11H2,(H,21,22). The molecule has 0 spiro atoms. The molecule has 2 aliphatic heterocycles. The molecule has 1 aromatic carbocycles. The van der Waals surface area contributed by atoms with Crippen LogP contribution < -0.4 is 9.62 Å². The fourth-order valence-corrected chi connectivity index (χ4v) is 4.36. The van der Waals surface area contributed by atoms with E-state index in [1.807, 2.05) is 0 Å². The van der Waals surface area contributed by atoms with E-state index in [-0.39, 0.29) is 36.3 Å². The van der Waals surface area contributed by atoms with Crippen molar-refractivity contribution in [1.82, 2.24) is 4.72 Å². The van der Waals surface area contributed by atoms with Crippen molar-refractivity contribution < 1.29 is 27.9 Å². The number of carboxylic acids is 1. The Morgan fingerprint density at radius 1 is 1.31 bits per heavy atom. The van der Waals surface area contributed by atoms with Crippen LogP contribution in [0.4, 0.5) is 5.69 Å². The van der Waals surface area contributed by atoms with Gasteiger partial charge >= 0.3 is 5.97 Å². The van der Waals surface area contributed by atoms with Gasteiger partial charge in [0.05, 0.1) is 17.4 Å². The number of amides is 1. The zero-order chi connectivity index (χ0) is 18.7. The SMILES string of the molecule is O=C(O)CCC(=O)N1CCc2cc(S(=O)(=O)NCC3CCCO3)ccc21. The molecule has 9 heteroatoms. The molecule has 1 amide bonds. The molecule has 2 aliphatic rings. The zero-order valence-electron chi connectivity index (χ0n) is 14.3. The molecule has 1 atom stereocenters. The van der Waals surface area contributed by atoms with Crippen molar-refractivity contribution in [2.45, 2.75) is 43.1 Å². The van der Waals surface area contributed by atoms with Gasteiger partial charge in [-0.15, -0.1) is 0 Å². The summed E-state index contributed by atoms with van der Waals surface area (Å²) in [5, 5.41) is 8.70. The Morgan fingerprint density at radius 2 is 2.12 bits per heavy atom. The van der Waals surface area contributed by atoms with Crippen LogP contribution in [0.15, 0.2) is 23.1 Å². The van der Waals surface area contributed by atoms with Crippen LogP contribution in [0, 0.1) is 0 Å². The molecule has 1 fully saturated rings. The maximum atomic E-state index is 12.5. The Labute approximate surface area is 152 Å². The molecule has 0 aliphatic carbocycles. The first-order valence-corrected chi connectivity index (χ1v) is 10.1. The van der Waals surface area contributed by atoms with Gasteiger partial charge in [0, 0.05) is 31.8 Å². The third-order valence-corrected chi connectivity index (χ3v) is 6.06. The molecule has 0 bridgehead atoms. The third-order valence-electron chi connectivity index (χ3n) is 4.64. The zero-order valence-corrected chi connectivity index (χ0v) is 15.1. The van der Waals surface area contributed by atoms with E-state index in [4.69, 9.17) is 9.84 Å². The number of sulfonamides is 1. The van der Waals surface area contributed by atoms with Crippen LogP contribution in [0.25, 0.3) is 0 Å². The number of carboxylic acid groups (broad SMARTS) is 1. The second kappa shape index (κ2) is 7.73. The molecule has 26 heavy (non-hydrogen) atoms. The summed E-state index contributed by atoms with van der Waals surface area (Å²) >= 11 is 0. The Balaban J connectivity index is 1.69. The highest BCUT2D eigenvalue weighted by Crippen LogP contribution is 2.31. The first-order valence-electron chi connectivity index (χ1n) is 8.63. The van der Waals surface area contributed by atoms with Crippen molar-refractivity contribution in [2.24, 2.45) is 0 Å². The smallest absolute Gasteiger partial charge is 0.303 e. The van der Waals surface area contributed by atoms with Gasteiger partial charge in [-0.2, -0.15) is 0 Å². The van der Waals surface area contributed by atoms with Gasteiger partial charge in [-0.25, -0.2) is 13.1 Å². The third kappa shape index (κ3) is 4.22. The summed E-state index contributed by atoms with van der Waals surface area (Å²) in [6, 6.07) is 4.67. The lowest BCUT2D eigenvalue weighted by molar-refractivity contribution is -0.138. The maximum absolute atomic E-state index is 12.5. The van der Waals surface area contributed by atoms with Crippen molar-refractivity contribution in [3.05, 3.63) is 23.8 Å². The van der Waals surface area contributed by atoms with Gasteiger partial charge in [0.1, 0.15) is 0 Å². The summed E-state index contributed by atoms with van der Waals surface area (Å²) in [7, 11) is -3.64. The minimum absolute atomic E-state index is 0.0717. The van der Waals surface area contributed by atoms with Crippen molar-refractivity contribution >= 4 is 27.6 Å². The summed E-state index contributed by atoms with van der Waals surface area (Å²) in [5.41, 5.74) is 1.42. The molecular formula is C17H22N2O6S. The molecule has 1 saturated heterocycles. The van der Waals surface area contributed by atoms with Gasteiger partial charge in [0.2, 0.25) is 15.9 Å². The normalized spacial score (nSPS) is 19.5. The highest BCUT2D eigenvalue weighted by molar-refractivity contribution is 7.89. The summed E-state index contributed by atoms with van der Waals surface area (Å²) in [4.78, 5) is 24.5. The van der Waals surface area contributed by atoms with Crippen LogP contribution in [0.3, 0.4) is 0 Å². The second-order valence-electron chi connectivity index (χ2n) is 6.47. The van der Waals surface area contributed by atoms with Crippen molar-refractivity contribution in [1.29, 1.82) is 0 Å². The molecule has 3 rings (SSSR count). The number of benzene rings is 1. The molecule has 1 aromatic rings. The van der Waals surface area contributed by atoms with Gasteiger partial charge in [-0.1, -0.05) is 0 Å². The predicted molar refractivity (Wildman–Crippen MR) is 93.5 cm³/mol. The van der Waals surface area contributed by atoms with E-state index < -0.39 is 16.0 Å². The lowest BCUT2D eigenvalue weighted by atomic mass is 10.2. The lowest BCUT2D eigenvalue weighted by Crippen LogP contribution is -2.32. The van der Waals surface area contributed by atoms with Crippen LogP contribution in [0.5, 0.6) is 0 Å². The lowest BCUT2D eigenvalue weighted by Gasteiger charge is -2.17. The molecule has 142 valence electrons. The molecule has 0 aromatic heterocycles. The van der Waals surface area contributed by atoms with Crippen LogP contribution >= 0.6 is 0 Å². The van der Waals surface area contributed by atoms with Crippen LogP contribution in [-0.2, 0) is 30.8 Å². The molecule has 0 radical (unpaired) electrons. The summed E-state index contributed by atoms with van der Waals surface area (Å²) in [6.07, 6.45) is 1.96. The largest absolute Gasteiger partial charge is 0.481 e. The van der Waals surface area contributed by atoms with E-state index in [0.29, 0.717) is 25.3 Å². The highest BCUT2D eigenvalue weighted by Gasteiger charge is 2.27. The van der Waals surface area contributed by atoms with Crippen LogP contribution in [0.1, 0.15) is 31.2 Å². The molecular weight excluding hydrogens is 360 g/mol. The van der Waals surface area contributed by atoms with Crippen molar-refractivity contribution in [2.75, 3.05) is 24.6 Å². The molecule has 2 N–H and O–H groups in total. The minimum Gasteiger partial charge on any atom is -0.481 e. The van der Waals surface area contributed by atoms with Gasteiger partial charge in [-0.05, 0) is 43.0 Å². The second-order valence-corrected chi connectivity index (χ2v) is 8.23. The molecule has 1 unspecified atom stereocenters. The predicted octanol–water partition coefficient (Wildman–Crippen LogP) is 0.898. The van der Waals surface area contributed by atoms with Gasteiger partial charge in [0.15, 0.2) is 0 Å². The van der Waals surface area contributed by atoms with E-state index in [0.717, 1.165) is 18.4 Å². The van der Waals surface area contributed by atoms with E-state index >= 15 is 0 Å². The number of nitrogens with one attached hydrogen (secondary N) is 1. The van der Waals surface area contributed by atoms with E-state index in [2.05, 4.69) is 4.72 Å². The number of anilines is 1. The number of aliphatic carboxylic acids is 1. The summed E-state index contributed by atoms with van der Waals surface area (Å²) in [5.74, 6) is -1.28. The topological polar surface area (TPSA) is 113 Å². The number of fused-ring (bicyclic) bond motifs is 1. The monoisotopic (exact) mass is 382 g/mol. The Morgan fingerprint density at radius 3 is 2.81 bits per heavy atom. The Kier molecular flexibility index (Phi) is 5.59. The van der Waals surface area contributed by atoms with E-state index in [9.17, 15) is 18.0 Å². The molecule has 8 nitrogen and oxygen atoms in total. The number of hydrogen-bond acceptors (Lipinski definition) is 5. The first-order chi connectivity index (χ1) is 12.4. The fraction of sp³-hybridized carbons (Fsp3) is 0.529. The number of ether oxygens (including phenoxy) is 1. The summed E-state index contributed by atoms with van der Waals surface area (Å²) in [6.45, 7) is 1.34. The van der Waals surface area contributed by atoms with Gasteiger partial charge in [0.25, 0.3) is 0 Å². The Hall–Kier alpha value is -1.97. The van der Waals surface area contributed by atoms with Crippen LogP contribution in [0.2, 0.25) is 0 Å². The number of hydrogen-bond donors (Lipinski definition) is 2. The van der Waals surface area contributed by atoms with Gasteiger partial charge < -0.3 is 14.7 Å². The van der Waals surface area contributed by atoms with Gasteiger partial charge in [-0.3, -0.25) is 9.59 Å². The quantitative estimate of drug-likeness (QED) is 0.724. The average molecular weight is 382 g/mol. The first kappa shape index (κ1) is 18.8. The number of rotatable bonds is 7. The molecule has 2 heterocycles. The highest BCUT2D eigenvalue weighted by atomic mass is 32.2. The average Bonchev–Trinajstić information content (AvgIpc) is 3.26. The maximum Gasteiger partial charge on any atom is 0.303 e. The summed E-state index contributed by atoms with van der Waals surface area (Å²) < 4.78 is 32.9. The van der Waals surface area contributed by atoms with Crippen molar-refractivity contribution in [3.63, 3.8) is 0 Å².